The number of ether oxygens (including phenoxy) is 2. The number of nitrogens with one attached hydrogen (secondary N) is 2. The Morgan fingerprint density at radius 2 is 1.82 bits per heavy atom. The second-order valence-electron chi connectivity index (χ2n) is 6.10. The van der Waals surface area contributed by atoms with Crippen molar-refractivity contribution in [3.63, 3.8) is 0 Å². The van der Waals surface area contributed by atoms with Gasteiger partial charge in [0.1, 0.15) is 5.82 Å². The van der Waals surface area contributed by atoms with Crippen LogP contribution in [-0.2, 0) is 13.1 Å². The highest BCUT2D eigenvalue weighted by Crippen LogP contribution is 2.29. The third-order valence-corrected chi connectivity index (χ3v) is 4.29. The largest absolute Gasteiger partial charge is 0.493 e. The zero-order valence-corrected chi connectivity index (χ0v) is 15.7. The summed E-state index contributed by atoms with van der Waals surface area (Å²) < 4.78 is 26.2. The predicted molar refractivity (Wildman–Crippen MR) is 105 cm³/mol. The standard InChI is InChI=1S/C21H22FN3O3/c1-27-19-10-9-16(12-20(19)28-2)24-21(26)23-13-17-7-5-11-25(17)14-15-6-3-4-8-18(15)22/h3-12H,13-14H2,1-2H3,(H2,23,24,26). The van der Waals surface area contributed by atoms with Crippen LogP contribution in [0.25, 0.3) is 0 Å². The van der Waals surface area contributed by atoms with Crippen LogP contribution in [0.15, 0.2) is 60.8 Å². The molecule has 6 nitrogen and oxygen atoms in total. The minimum atomic E-state index is -0.356. The lowest BCUT2D eigenvalue weighted by molar-refractivity contribution is 0.251. The number of methoxy groups -OCH3 is 2. The molecule has 28 heavy (non-hydrogen) atoms. The van der Waals surface area contributed by atoms with Crippen molar-refractivity contribution in [2.24, 2.45) is 0 Å². The molecule has 0 spiro atoms. The first-order valence-corrected chi connectivity index (χ1v) is 8.75. The lowest BCUT2D eigenvalue weighted by atomic mass is 10.2. The number of hydrogen-bond donors (Lipinski definition) is 2. The minimum Gasteiger partial charge on any atom is -0.493 e. The van der Waals surface area contributed by atoms with Gasteiger partial charge in [-0.15, -0.1) is 0 Å². The van der Waals surface area contributed by atoms with Gasteiger partial charge in [-0.05, 0) is 30.3 Å². The average Bonchev–Trinajstić information content (AvgIpc) is 3.15. The number of urea groups is 1. The molecule has 146 valence electrons. The highest BCUT2D eigenvalue weighted by molar-refractivity contribution is 5.89. The van der Waals surface area contributed by atoms with Gasteiger partial charge in [-0.2, -0.15) is 0 Å². The van der Waals surface area contributed by atoms with Gasteiger partial charge in [-0.3, -0.25) is 0 Å². The Bertz CT molecular complexity index is 956. The lowest BCUT2D eigenvalue weighted by Crippen LogP contribution is -2.29. The molecule has 0 aliphatic heterocycles. The second kappa shape index (κ2) is 8.94. The molecule has 0 radical (unpaired) electrons. The molecule has 3 aromatic rings. The number of carbonyl (C=O) groups excluding carboxylic acids is 1. The third-order valence-electron chi connectivity index (χ3n) is 4.29. The van der Waals surface area contributed by atoms with Crippen LogP contribution in [0.2, 0.25) is 0 Å². The summed E-state index contributed by atoms with van der Waals surface area (Å²) in [7, 11) is 3.08. The molecule has 0 aliphatic carbocycles. The van der Waals surface area contributed by atoms with E-state index in [1.165, 1.54) is 13.2 Å². The van der Waals surface area contributed by atoms with Crippen LogP contribution < -0.4 is 20.1 Å². The van der Waals surface area contributed by atoms with Crippen molar-refractivity contribution in [1.82, 2.24) is 9.88 Å². The fourth-order valence-electron chi connectivity index (χ4n) is 2.83. The second-order valence-corrected chi connectivity index (χ2v) is 6.10. The zero-order chi connectivity index (χ0) is 19.9. The van der Waals surface area contributed by atoms with Crippen molar-refractivity contribution in [2.75, 3.05) is 19.5 Å². The Morgan fingerprint density at radius 3 is 2.57 bits per heavy atom. The van der Waals surface area contributed by atoms with E-state index in [0.717, 1.165) is 5.69 Å². The number of anilines is 1. The Morgan fingerprint density at radius 1 is 1.04 bits per heavy atom. The smallest absolute Gasteiger partial charge is 0.319 e. The topological polar surface area (TPSA) is 64.5 Å². The molecule has 1 heterocycles. The number of benzene rings is 2. The van der Waals surface area contributed by atoms with E-state index in [9.17, 15) is 9.18 Å². The SMILES string of the molecule is COc1ccc(NC(=O)NCc2cccn2Cc2ccccc2F)cc1OC. The van der Waals surface area contributed by atoms with Gasteiger partial charge in [-0.25, -0.2) is 9.18 Å². The van der Waals surface area contributed by atoms with Gasteiger partial charge in [0.2, 0.25) is 0 Å². The molecular weight excluding hydrogens is 361 g/mol. The average molecular weight is 383 g/mol. The molecule has 2 N–H and O–H groups in total. The first-order valence-electron chi connectivity index (χ1n) is 8.75. The summed E-state index contributed by atoms with van der Waals surface area (Å²) in [5.41, 5.74) is 2.04. The van der Waals surface area contributed by atoms with Crippen molar-refractivity contribution >= 4 is 11.7 Å². The molecule has 7 heteroatoms. The maximum Gasteiger partial charge on any atom is 0.319 e. The van der Waals surface area contributed by atoms with Crippen LogP contribution >= 0.6 is 0 Å². The maximum atomic E-state index is 13.9. The fraction of sp³-hybridized carbons (Fsp3) is 0.190. The molecule has 1 aromatic heterocycles. The minimum absolute atomic E-state index is 0.249. The van der Waals surface area contributed by atoms with Crippen LogP contribution in [0.4, 0.5) is 14.9 Å². The van der Waals surface area contributed by atoms with Crippen molar-refractivity contribution < 1.29 is 18.7 Å². The van der Waals surface area contributed by atoms with Gasteiger partial charge < -0.3 is 24.7 Å². The van der Waals surface area contributed by atoms with Gasteiger partial charge in [-0.1, -0.05) is 18.2 Å². The van der Waals surface area contributed by atoms with Crippen molar-refractivity contribution in [1.29, 1.82) is 0 Å². The van der Waals surface area contributed by atoms with Gasteiger partial charge in [0.05, 0.1) is 27.3 Å². The van der Waals surface area contributed by atoms with E-state index < -0.39 is 0 Å². The van der Waals surface area contributed by atoms with Crippen molar-refractivity contribution in [2.45, 2.75) is 13.1 Å². The molecule has 0 saturated heterocycles. The van der Waals surface area contributed by atoms with Crippen LogP contribution in [0, 0.1) is 5.82 Å². The van der Waals surface area contributed by atoms with Crippen molar-refractivity contribution in [3.05, 3.63) is 77.9 Å². The number of hydrogen-bond acceptors (Lipinski definition) is 3. The highest BCUT2D eigenvalue weighted by Gasteiger charge is 2.09. The predicted octanol–water partition coefficient (Wildman–Crippen LogP) is 4.01. The molecule has 3 rings (SSSR count). The summed E-state index contributed by atoms with van der Waals surface area (Å²) in [5, 5.41) is 5.56. The van der Waals surface area contributed by atoms with Crippen LogP contribution in [0.3, 0.4) is 0 Å². The van der Waals surface area contributed by atoms with E-state index >= 15 is 0 Å². The lowest BCUT2D eigenvalue weighted by Gasteiger charge is -2.13. The van der Waals surface area contributed by atoms with E-state index in [2.05, 4.69) is 10.6 Å². The third kappa shape index (κ3) is 4.62. The van der Waals surface area contributed by atoms with E-state index in [4.69, 9.17) is 9.47 Å². The Labute approximate surface area is 162 Å². The van der Waals surface area contributed by atoms with Gasteiger partial charge in [0.15, 0.2) is 11.5 Å². The molecule has 2 aromatic carbocycles. The van der Waals surface area contributed by atoms with E-state index in [1.54, 1.807) is 43.5 Å². The summed E-state index contributed by atoms with van der Waals surface area (Å²) >= 11 is 0. The summed E-state index contributed by atoms with van der Waals surface area (Å²) in [4.78, 5) is 12.2. The number of halogens is 1. The molecule has 0 bridgehead atoms. The monoisotopic (exact) mass is 383 g/mol. The van der Waals surface area contributed by atoms with E-state index in [0.29, 0.717) is 35.8 Å². The first kappa shape index (κ1) is 19.3. The fourth-order valence-corrected chi connectivity index (χ4v) is 2.83. The van der Waals surface area contributed by atoms with E-state index in [-0.39, 0.29) is 11.8 Å². The first-order chi connectivity index (χ1) is 13.6. The molecule has 2 amide bonds. The van der Waals surface area contributed by atoms with Crippen molar-refractivity contribution in [3.8, 4) is 11.5 Å². The zero-order valence-electron chi connectivity index (χ0n) is 15.7. The maximum absolute atomic E-state index is 13.9. The van der Waals surface area contributed by atoms with Crippen LogP contribution in [0.5, 0.6) is 11.5 Å². The van der Waals surface area contributed by atoms with Gasteiger partial charge in [0.25, 0.3) is 0 Å². The van der Waals surface area contributed by atoms with Crippen LogP contribution in [-0.4, -0.2) is 24.8 Å². The van der Waals surface area contributed by atoms with E-state index in [1.807, 2.05) is 22.9 Å². The van der Waals surface area contributed by atoms with Gasteiger partial charge in [0, 0.05) is 29.2 Å². The number of aromatic nitrogens is 1. The molecule has 0 unspecified atom stereocenters. The summed E-state index contributed by atoms with van der Waals surface area (Å²) in [6.45, 7) is 0.703. The van der Waals surface area contributed by atoms with Crippen LogP contribution in [0.1, 0.15) is 11.3 Å². The number of amides is 2. The Kier molecular flexibility index (Phi) is 6.16. The molecule has 0 saturated carbocycles. The highest BCUT2D eigenvalue weighted by atomic mass is 19.1. The van der Waals surface area contributed by atoms with Gasteiger partial charge >= 0.3 is 6.03 Å². The summed E-state index contributed by atoms with van der Waals surface area (Å²) in [5.74, 6) is 0.861. The number of nitrogens with zero attached hydrogens (tertiary/aromatic N) is 1. The molecule has 0 atom stereocenters. The quantitative estimate of drug-likeness (QED) is 0.648. The molecular formula is C21H22FN3O3. The normalized spacial score (nSPS) is 10.4. The summed E-state index contributed by atoms with van der Waals surface area (Å²) in [6, 6.07) is 15.2. The number of rotatable bonds is 7. The summed E-state index contributed by atoms with van der Waals surface area (Å²) in [6.07, 6.45) is 1.86. The Hall–Kier alpha value is -3.48. The number of carbonyl (C=O) groups is 1. The molecule has 0 aliphatic rings. The Balaban J connectivity index is 1.60. The molecule has 0 fully saturated rings.